The van der Waals surface area contributed by atoms with Crippen molar-refractivity contribution in [2.75, 3.05) is 0 Å². The Labute approximate surface area is 119 Å². The van der Waals surface area contributed by atoms with Crippen molar-refractivity contribution in [2.24, 2.45) is 5.10 Å². The predicted octanol–water partition coefficient (Wildman–Crippen LogP) is 2.58. The normalized spacial score (nSPS) is 12.2. The first-order valence-electron chi connectivity index (χ1n) is 6.22. The Morgan fingerprint density at radius 1 is 1.00 bits per heavy atom. The Morgan fingerprint density at radius 2 is 1.55 bits per heavy atom. The highest BCUT2D eigenvalue weighted by Gasteiger charge is 2.11. The minimum absolute atomic E-state index is 0.205. The Kier molecular flexibility index (Phi) is 4.53. The number of benzene rings is 2. The Balaban J connectivity index is 2.05. The fourth-order valence-electron chi connectivity index (χ4n) is 1.72. The first-order valence-corrected chi connectivity index (χ1v) is 7.70. The molecule has 0 bridgehead atoms. The first kappa shape index (κ1) is 14.3. The summed E-state index contributed by atoms with van der Waals surface area (Å²) < 4.78 is 23.9. The minimum Gasteiger partial charge on any atom is -0.200 e. The van der Waals surface area contributed by atoms with E-state index < -0.39 is 10.0 Å². The second-order valence-electron chi connectivity index (χ2n) is 4.42. The monoisotopic (exact) mass is 288 g/mol. The molecular formula is C15H16N2O2S. The van der Waals surface area contributed by atoms with Gasteiger partial charge in [-0.05, 0) is 24.6 Å². The van der Waals surface area contributed by atoms with Crippen molar-refractivity contribution < 1.29 is 8.42 Å². The van der Waals surface area contributed by atoms with Crippen LogP contribution >= 0.6 is 0 Å². The highest BCUT2D eigenvalue weighted by Crippen LogP contribution is 2.07. The van der Waals surface area contributed by atoms with E-state index in [1.54, 1.807) is 25.1 Å². The van der Waals surface area contributed by atoms with Crippen molar-refractivity contribution in [3.63, 3.8) is 0 Å². The van der Waals surface area contributed by atoms with Crippen LogP contribution < -0.4 is 4.83 Å². The number of hydrogen-bond donors (Lipinski definition) is 1. The maximum atomic E-state index is 12.0. The Bertz CT molecular complexity index is 680. The highest BCUT2D eigenvalue weighted by atomic mass is 32.2. The molecule has 0 saturated carbocycles. The second kappa shape index (κ2) is 6.34. The van der Waals surface area contributed by atoms with Crippen molar-refractivity contribution in [1.29, 1.82) is 0 Å². The number of rotatable bonds is 5. The molecule has 1 N–H and O–H groups in total. The number of hydrazone groups is 1. The van der Waals surface area contributed by atoms with Crippen molar-refractivity contribution >= 4 is 15.7 Å². The zero-order chi connectivity index (χ0) is 14.4. The average Bonchev–Trinajstić information content (AvgIpc) is 2.47. The zero-order valence-corrected chi connectivity index (χ0v) is 12.0. The van der Waals surface area contributed by atoms with Crippen molar-refractivity contribution in [1.82, 2.24) is 4.83 Å². The van der Waals surface area contributed by atoms with Gasteiger partial charge in [-0.25, -0.2) is 4.83 Å². The fourth-order valence-corrected chi connectivity index (χ4v) is 2.62. The van der Waals surface area contributed by atoms with Gasteiger partial charge in [-0.15, -0.1) is 0 Å². The molecule has 4 nitrogen and oxygen atoms in total. The van der Waals surface area contributed by atoms with Gasteiger partial charge in [0.15, 0.2) is 0 Å². The topological polar surface area (TPSA) is 58.5 Å². The van der Waals surface area contributed by atoms with E-state index in [1.165, 1.54) is 12.1 Å². The van der Waals surface area contributed by atoms with Crippen molar-refractivity contribution in [3.05, 3.63) is 66.2 Å². The van der Waals surface area contributed by atoms with Crippen LogP contribution in [0.4, 0.5) is 0 Å². The average molecular weight is 288 g/mol. The summed E-state index contributed by atoms with van der Waals surface area (Å²) in [5.41, 5.74) is 1.79. The maximum absolute atomic E-state index is 12.0. The summed E-state index contributed by atoms with van der Waals surface area (Å²) in [5, 5.41) is 3.95. The summed E-state index contributed by atoms with van der Waals surface area (Å²) in [6.07, 6.45) is 0.609. The summed E-state index contributed by atoms with van der Waals surface area (Å²) in [5.74, 6) is 0. The fraction of sp³-hybridized carbons (Fsp3) is 0.133. The van der Waals surface area contributed by atoms with Crippen LogP contribution in [-0.4, -0.2) is 14.1 Å². The van der Waals surface area contributed by atoms with E-state index in [2.05, 4.69) is 9.93 Å². The van der Waals surface area contributed by atoms with Crippen LogP contribution in [0.25, 0.3) is 0 Å². The molecule has 0 fully saturated rings. The Morgan fingerprint density at radius 3 is 2.15 bits per heavy atom. The van der Waals surface area contributed by atoms with E-state index in [-0.39, 0.29) is 4.90 Å². The molecule has 0 amide bonds. The molecule has 2 aromatic rings. The highest BCUT2D eigenvalue weighted by molar-refractivity contribution is 7.89. The van der Waals surface area contributed by atoms with Gasteiger partial charge in [0.25, 0.3) is 10.0 Å². The third kappa shape index (κ3) is 3.93. The molecule has 0 saturated heterocycles. The van der Waals surface area contributed by atoms with E-state index in [1.807, 2.05) is 30.3 Å². The van der Waals surface area contributed by atoms with E-state index in [9.17, 15) is 8.42 Å². The number of hydrogen-bond acceptors (Lipinski definition) is 3. The maximum Gasteiger partial charge on any atom is 0.276 e. The number of sulfonamides is 1. The molecule has 0 atom stereocenters. The molecule has 0 aliphatic rings. The third-order valence-electron chi connectivity index (χ3n) is 2.71. The van der Waals surface area contributed by atoms with Gasteiger partial charge in [-0.3, -0.25) is 0 Å². The lowest BCUT2D eigenvalue weighted by molar-refractivity contribution is 0.584. The zero-order valence-electron chi connectivity index (χ0n) is 11.2. The van der Waals surface area contributed by atoms with Crippen LogP contribution in [0.3, 0.4) is 0 Å². The summed E-state index contributed by atoms with van der Waals surface area (Å²) in [7, 11) is -3.59. The van der Waals surface area contributed by atoms with Crippen molar-refractivity contribution in [2.45, 2.75) is 18.2 Å². The largest absolute Gasteiger partial charge is 0.276 e. The lowest BCUT2D eigenvalue weighted by Gasteiger charge is -2.05. The minimum atomic E-state index is -3.59. The van der Waals surface area contributed by atoms with E-state index in [0.717, 1.165) is 5.56 Å². The quantitative estimate of drug-likeness (QED) is 0.679. The van der Waals surface area contributed by atoms with E-state index in [4.69, 9.17) is 0 Å². The molecule has 0 heterocycles. The molecule has 2 rings (SSSR count). The van der Waals surface area contributed by atoms with Crippen LogP contribution in [0.5, 0.6) is 0 Å². The first-order chi connectivity index (χ1) is 9.58. The molecule has 5 heteroatoms. The van der Waals surface area contributed by atoms with Crippen molar-refractivity contribution in [3.8, 4) is 0 Å². The van der Waals surface area contributed by atoms with E-state index in [0.29, 0.717) is 12.1 Å². The van der Waals surface area contributed by atoms with Gasteiger partial charge in [0, 0.05) is 12.1 Å². The van der Waals surface area contributed by atoms with Gasteiger partial charge in [-0.2, -0.15) is 13.5 Å². The second-order valence-corrected chi connectivity index (χ2v) is 6.08. The van der Waals surface area contributed by atoms with Gasteiger partial charge in [0.1, 0.15) is 0 Å². The van der Waals surface area contributed by atoms with Gasteiger partial charge in [0.2, 0.25) is 0 Å². The molecule has 0 aliphatic heterocycles. The van der Waals surface area contributed by atoms with Gasteiger partial charge in [0.05, 0.1) is 4.90 Å². The predicted molar refractivity (Wildman–Crippen MR) is 80.0 cm³/mol. The lowest BCUT2D eigenvalue weighted by atomic mass is 10.1. The SMILES string of the molecule is C/C(Cc1ccccc1)=N\NS(=O)(=O)c1ccccc1. The molecule has 0 unspecified atom stereocenters. The van der Waals surface area contributed by atoms with Crippen LogP contribution in [0.15, 0.2) is 70.7 Å². The smallest absolute Gasteiger partial charge is 0.200 e. The molecule has 2 aromatic carbocycles. The number of nitrogens with one attached hydrogen (secondary N) is 1. The summed E-state index contributed by atoms with van der Waals surface area (Å²) in [4.78, 5) is 2.46. The summed E-state index contributed by atoms with van der Waals surface area (Å²) in [6, 6.07) is 18.0. The molecule has 20 heavy (non-hydrogen) atoms. The van der Waals surface area contributed by atoms with Crippen LogP contribution in [0, 0.1) is 0 Å². The van der Waals surface area contributed by atoms with Gasteiger partial charge >= 0.3 is 0 Å². The molecule has 104 valence electrons. The standard InChI is InChI=1S/C15H16N2O2S/c1-13(12-14-8-4-2-5-9-14)16-17-20(18,19)15-10-6-3-7-11-15/h2-11,17H,12H2,1H3/b16-13+. The molecule has 0 spiro atoms. The van der Waals surface area contributed by atoms with Gasteiger partial charge in [-0.1, -0.05) is 48.5 Å². The lowest BCUT2D eigenvalue weighted by Crippen LogP contribution is -2.20. The third-order valence-corrected chi connectivity index (χ3v) is 3.94. The number of nitrogens with zero attached hydrogens (tertiary/aromatic N) is 1. The van der Waals surface area contributed by atoms with Crippen LogP contribution in [0.2, 0.25) is 0 Å². The molecule has 0 aliphatic carbocycles. The summed E-state index contributed by atoms with van der Waals surface area (Å²) >= 11 is 0. The van der Waals surface area contributed by atoms with E-state index >= 15 is 0 Å². The van der Waals surface area contributed by atoms with Crippen LogP contribution in [0.1, 0.15) is 12.5 Å². The molecule has 0 radical (unpaired) electrons. The van der Waals surface area contributed by atoms with Gasteiger partial charge < -0.3 is 0 Å². The van der Waals surface area contributed by atoms with Crippen LogP contribution in [-0.2, 0) is 16.4 Å². The molecule has 0 aromatic heterocycles. The Hall–Kier alpha value is -2.14. The molecular weight excluding hydrogens is 272 g/mol. The summed E-state index contributed by atoms with van der Waals surface area (Å²) in [6.45, 7) is 1.79.